The summed E-state index contributed by atoms with van der Waals surface area (Å²) < 4.78 is 4.11. The maximum Gasteiger partial charge on any atom is 0.331 e. The molecule has 0 atom stereocenters. The van der Waals surface area contributed by atoms with E-state index >= 15 is 0 Å². The molecular formula is C14H18N4O3. The molecule has 0 amide bonds. The first kappa shape index (κ1) is 15.0. The third kappa shape index (κ3) is 3.57. The van der Waals surface area contributed by atoms with Crippen LogP contribution in [0.2, 0.25) is 0 Å². The Morgan fingerprint density at radius 1 is 0.857 bits per heavy atom. The number of hydrogen-bond donors (Lipinski definition) is 1. The van der Waals surface area contributed by atoms with Gasteiger partial charge in [-0.05, 0) is 19.0 Å². The van der Waals surface area contributed by atoms with Crippen LogP contribution in [0.1, 0.15) is 6.42 Å². The zero-order valence-electron chi connectivity index (χ0n) is 11.6. The topological polar surface area (TPSA) is 92.0 Å². The summed E-state index contributed by atoms with van der Waals surface area (Å²) >= 11 is 0. The van der Waals surface area contributed by atoms with E-state index in [2.05, 4.69) is 0 Å². The van der Waals surface area contributed by atoms with Gasteiger partial charge < -0.3 is 10.3 Å². The Bertz CT molecular complexity index is 773. The molecule has 2 aromatic heterocycles. The normalized spacial score (nSPS) is 10.7. The Balaban J connectivity index is 2.21. The zero-order chi connectivity index (χ0) is 15.2. The number of aryl methyl sites for hydroxylation is 2. The molecule has 21 heavy (non-hydrogen) atoms. The van der Waals surface area contributed by atoms with E-state index in [-0.39, 0.29) is 16.8 Å². The van der Waals surface area contributed by atoms with E-state index in [4.69, 9.17) is 5.73 Å². The van der Waals surface area contributed by atoms with Crippen molar-refractivity contribution in [2.24, 2.45) is 5.73 Å². The first-order chi connectivity index (χ1) is 10.1. The Kier molecular flexibility index (Phi) is 4.89. The molecule has 0 unspecified atom stereocenters. The number of nitrogens with two attached hydrogens (primary N) is 1. The second kappa shape index (κ2) is 6.85. The number of aromatic nitrogens is 3. The lowest BCUT2D eigenvalue weighted by Crippen LogP contribution is -2.40. The summed E-state index contributed by atoms with van der Waals surface area (Å²) in [6.45, 7) is 1.42. The van der Waals surface area contributed by atoms with Crippen LogP contribution in [0.15, 0.2) is 51.0 Å². The van der Waals surface area contributed by atoms with Crippen LogP contribution in [0.4, 0.5) is 0 Å². The van der Waals surface area contributed by atoms with Gasteiger partial charge in [-0.1, -0.05) is 6.07 Å². The van der Waals surface area contributed by atoms with E-state index in [0.29, 0.717) is 32.6 Å². The molecule has 7 heteroatoms. The average molecular weight is 290 g/mol. The fraction of sp³-hybridized carbons (Fsp3) is 0.357. The van der Waals surface area contributed by atoms with E-state index < -0.39 is 0 Å². The van der Waals surface area contributed by atoms with Crippen molar-refractivity contribution in [1.29, 1.82) is 0 Å². The molecular weight excluding hydrogens is 272 g/mol. The highest BCUT2D eigenvalue weighted by atomic mass is 16.2. The molecule has 2 rings (SSSR count). The molecule has 0 saturated carbocycles. The summed E-state index contributed by atoms with van der Waals surface area (Å²) in [5.41, 5.74) is 4.57. The quantitative estimate of drug-likeness (QED) is 0.755. The van der Waals surface area contributed by atoms with Crippen molar-refractivity contribution in [2.75, 3.05) is 6.54 Å². The molecule has 0 radical (unpaired) electrons. The van der Waals surface area contributed by atoms with Crippen LogP contribution >= 0.6 is 0 Å². The molecule has 0 bridgehead atoms. The summed E-state index contributed by atoms with van der Waals surface area (Å²) in [5.74, 6) is 0. The average Bonchev–Trinajstić information content (AvgIpc) is 2.48. The predicted octanol–water partition coefficient (Wildman–Crippen LogP) is -0.779. The minimum absolute atomic E-state index is 0.123. The second-order valence-electron chi connectivity index (χ2n) is 4.66. The molecule has 2 N–H and O–H groups in total. The highest BCUT2D eigenvalue weighted by molar-refractivity contribution is 4.93. The third-order valence-electron chi connectivity index (χ3n) is 3.21. The third-order valence-corrected chi connectivity index (χ3v) is 3.21. The van der Waals surface area contributed by atoms with Crippen LogP contribution in [-0.2, 0) is 19.6 Å². The van der Waals surface area contributed by atoms with Gasteiger partial charge in [0.25, 0.3) is 11.1 Å². The van der Waals surface area contributed by atoms with Crippen molar-refractivity contribution >= 4 is 0 Å². The van der Waals surface area contributed by atoms with Crippen molar-refractivity contribution in [3.05, 3.63) is 67.9 Å². The molecule has 7 nitrogen and oxygen atoms in total. The monoisotopic (exact) mass is 290 g/mol. The molecule has 2 heterocycles. The Hall–Kier alpha value is -2.41. The lowest BCUT2D eigenvalue weighted by atomic mass is 10.4. The lowest BCUT2D eigenvalue weighted by Gasteiger charge is -2.10. The summed E-state index contributed by atoms with van der Waals surface area (Å²) in [7, 11) is 0. The molecule has 0 aromatic carbocycles. The molecule has 0 aliphatic heterocycles. The van der Waals surface area contributed by atoms with Gasteiger partial charge in [0.1, 0.15) is 0 Å². The first-order valence-electron chi connectivity index (χ1n) is 6.79. The first-order valence-corrected chi connectivity index (χ1v) is 6.79. The van der Waals surface area contributed by atoms with Crippen LogP contribution in [0.5, 0.6) is 0 Å². The van der Waals surface area contributed by atoms with Gasteiger partial charge in [-0.2, -0.15) is 0 Å². The number of rotatable bonds is 6. The molecule has 0 aliphatic rings. The Labute approximate surface area is 120 Å². The van der Waals surface area contributed by atoms with Gasteiger partial charge in [-0.25, -0.2) is 4.79 Å². The number of nitrogens with zero attached hydrogens (tertiary/aromatic N) is 3. The predicted molar refractivity (Wildman–Crippen MR) is 79.3 cm³/mol. The minimum atomic E-state index is -0.375. The van der Waals surface area contributed by atoms with Crippen LogP contribution in [0.25, 0.3) is 0 Å². The maximum atomic E-state index is 12.2. The molecule has 0 fully saturated rings. The van der Waals surface area contributed by atoms with E-state index in [1.807, 2.05) is 0 Å². The van der Waals surface area contributed by atoms with Gasteiger partial charge >= 0.3 is 5.69 Å². The van der Waals surface area contributed by atoms with Crippen LogP contribution < -0.4 is 22.5 Å². The smallest absolute Gasteiger partial charge is 0.330 e. The summed E-state index contributed by atoms with van der Waals surface area (Å²) in [4.78, 5) is 35.5. The summed E-state index contributed by atoms with van der Waals surface area (Å²) in [6.07, 6.45) is 3.69. The van der Waals surface area contributed by atoms with Gasteiger partial charge in [0.2, 0.25) is 0 Å². The van der Waals surface area contributed by atoms with E-state index in [1.165, 1.54) is 32.0 Å². The van der Waals surface area contributed by atoms with E-state index in [0.717, 1.165) is 0 Å². The zero-order valence-corrected chi connectivity index (χ0v) is 11.6. The lowest BCUT2D eigenvalue weighted by molar-refractivity contribution is 0.499. The van der Waals surface area contributed by atoms with Gasteiger partial charge in [0.05, 0.1) is 0 Å². The van der Waals surface area contributed by atoms with Crippen molar-refractivity contribution in [3.8, 4) is 0 Å². The fourth-order valence-electron chi connectivity index (χ4n) is 2.04. The van der Waals surface area contributed by atoms with Crippen molar-refractivity contribution in [1.82, 2.24) is 13.7 Å². The highest BCUT2D eigenvalue weighted by Crippen LogP contribution is 1.87. The Morgan fingerprint density at radius 3 is 2.33 bits per heavy atom. The largest absolute Gasteiger partial charge is 0.331 e. The molecule has 2 aromatic rings. The maximum absolute atomic E-state index is 12.2. The molecule has 0 saturated heterocycles. The molecule has 0 aliphatic carbocycles. The highest BCUT2D eigenvalue weighted by Gasteiger charge is 2.05. The van der Waals surface area contributed by atoms with Gasteiger partial charge in [0, 0.05) is 44.2 Å². The van der Waals surface area contributed by atoms with Gasteiger partial charge in [-0.3, -0.25) is 18.7 Å². The van der Waals surface area contributed by atoms with Crippen molar-refractivity contribution in [3.63, 3.8) is 0 Å². The number of hydrogen-bond acceptors (Lipinski definition) is 4. The number of pyridine rings is 1. The van der Waals surface area contributed by atoms with Crippen molar-refractivity contribution in [2.45, 2.75) is 26.1 Å². The van der Waals surface area contributed by atoms with E-state index in [9.17, 15) is 14.4 Å². The fourth-order valence-corrected chi connectivity index (χ4v) is 2.04. The second-order valence-corrected chi connectivity index (χ2v) is 4.66. The summed E-state index contributed by atoms with van der Waals surface area (Å²) in [5, 5.41) is 0. The van der Waals surface area contributed by atoms with Gasteiger partial charge in [0.15, 0.2) is 0 Å². The minimum Gasteiger partial charge on any atom is -0.330 e. The van der Waals surface area contributed by atoms with E-state index in [1.54, 1.807) is 18.3 Å². The molecule has 112 valence electrons. The van der Waals surface area contributed by atoms with Crippen molar-refractivity contribution < 1.29 is 0 Å². The van der Waals surface area contributed by atoms with Crippen LogP contribution in [0, 0.1) is 0 Å². The van der Waals surface area contributed by atoms with Crippen LogP contribution in [0.3, 0.4) is 0 Å². The van der Waals surface area contributed by atoms with Gasteiger partial charge in [-0.15, -0.1) is 0 Å². The SMILES string of the molecule is NCCCn1c(=O)ccn(CCn2ccccc2=O)c1=O. The Morgan fingerprint density at radius 2 is 1.62 bits per heavy atom. The molecule has 0 spiro atoms. The standard InChI is InChI=1S/C14H18N4O3/c15-6-3-8-18-13(20)5-9-17(14(18)21)11-10-16-7-2-1-4-12(16)19/h1-2,4-5,7,9H,3,6,8,10-11,15H2. The van der Waals surface area contributed by atoms with Crippen LogP contribution in [-0.4, -0.2) is 20.2 Å². The summed E-state index contributed by atoms with van der Waals surface area (Å²) in [6, 6.07) is 6.24.